The number of para-hydroxylation sites is 2. The second-order valence-corrected chi connectivity index (χ2v) is 7.88. The highest BCUT2D eigenvalue weighted by Gasteiger charge is 2.26. The van der Waals surface area contributed by atoms with Crippen LogP contribution in [0.4, 0.5) is 14.5 Å². The molecule has 1 aliphatic rings. The van der Waals surface area contributed by atoms with Gasteiger partial charge in [-0.1, -0.05) is 12.1 Å². The fraction of sp³-hybridized carbons (Fsp3) is 0.474. The number of rotatable bonds is 6. The van der Waals surface area contributed by atoms with Gasteiger partial charge in [-0.3, -0.25) is 4.99 Å². The summed E-state index contributed by atoms with van der Waals surface area (Å²) in [5.74, 6) is 0.922. The van der Waals surface area contributed by atoms with E-state index in [0.29, 0.717) is 18.8 Å². The van der Waals surface area contributed by atoms with Gasteiger partial charge in [-0.05, 0) is 32.4 Å². The Morgan fingerprint density at radius 1 is 1.38 bits per heavy atom. The molecule has 3 rings (SSSR count). The third kappa shape index (κ3) is 6.39. The van der Waals surface area contributed by atoms with Crippen LogP contribution in [0.2, 0.25) is 0 Å². The first-order chi connectivity index (χ1) is 13.5. The first kappa shape index (κ1) is 23.6. The van der Waals surface area contributed by atoms with E-state index in [2.05, 4.69) is 30.2 Å². The summed E-state index contributed by atoms with van der Waals surface area (Å²) in [5, 5.41) is 7.79. The van der Waals surface area contributed by atoms with Crippen molar-refractivity contribution in [2.24, 2.45) is 4.99 Å². The number of guanidine groups is 1. The zero-order valence-corrected chi connectivity index (χ0v) is 19.8. The fourth-order valence-electron chi connectivity index (χ4n) is 3.30. The predicted molar refractivity (Wildman–Crippen MR) is 124 cm³/mol. The smallest absolute Gasteiger partial charge is 0.387 e. The normalized spacial score (nSPS) is 16.7. The number of anilines is 1. The van der Waals surface area contributed by atoms with E-state index < -0.39 is 6.61 Å². The number of ether oxygens (including phenoxy) is 1. The molecular weight excluding hydrogens is 511 g/mol. The molecule has 2 heterocycles. The molecule has 0 amide bonds. The van der Waals surface area contributed by atoms with Crippen molar-refractivity contribution < 1.29 is 13.5 Å². The lowest BCUT2D eigenvalue weighted by atomic mass is 10.2. The summed E-state index contributed by atoms with van der Waals surface area (Å²) < 4.78 is 30.0. The Bertz CT molecular complexity index is 833. The van der Waals surface area contributed by atoms with E-state index in [-0.39, 0.29) is 35.8 Å². The average Bonchev–Trinajstić information content (AvgIpc) is 3.24. The standard InChI is InChI=1S/C19H25F2N5OS.HI/c1-12-17(28-13(2)24-12)10-23-19(22-3)25-14-8-9-26(11-14)15-6-4-5-7-16(15)27-18(20)21;/h4-7,14,18H,8-11H2,1-3H3,(H2,22,23,25);1H. The lowest BCUT2D eigenvalue weighted by molar-refractivity contribution is -0.0495. The van der Waals surface area contributed by atoms with E-state index in [1.165, 1.54) is 4.88 Å². The Kier molecular flexibility index (Phi) is 8.87. The Labute approximate surface area is 190 Å². The Hall–Kier alpha value is -1.69. The van der Waals surface area contributed by atoms with Crippen LogP contribution in [0.5, 0.6) is 5.75 Å². The number of aromatic nitrogens is 1. The number of nitrogens with one attached hydrogen (secondary N) is 2. The van der Waals surface area contributed by atoms with Crippen molar-refractivity contribution in [1.29, 1.82) is 0 Å². The summed E-state index contributed by atoms with van der Waals surface area (Å²) in [6.45, 7) is 3.27. The zero-order valence-electron chi connectivity index (χ0n) is 16.6. The highest BCUT2D eigenvalue weighted by molar-refractivity contribution is 14.0. The summed E-state index contributed by atoms with van der Waals surface area (Å²) in [7, 11) is 1.73. The van der Waals surface area contributed by atoms with E-state index in [1.54, 1.807) is 30.5 Å². The molecule has 0 spiro atoms. The largest absolute Gasteiger partial charge is 0.433 e. The molecule has 2 N–H and O–H groups in total. The van der Waals surface area contributed by atoms with Crippen LogP contribution >= 0.6 is 35.3 Å². The topological polar surface area (TPSA) is 61.8 Å². The van der Waals surface area contributed by atoms with Gasteiger partial charge in [0.2, 0.25) is 0 Å². The molecule has 0 radical (unpaired) electrons. The molecule has 160 valence electrons. The summed E-state index contributed by atoms with van der Waals surface area (Å²) in [6.07, 6.45) is 0.877. The van der Waals surface area contributed by atoms with Crippen molar-refractivity contribution >= 4 is 47.0 Å². The predicted octanol–water partition coefficient (Wildman–Crippen LogP) is 3.92. The summed E-state index contributed by atoms with van der Waals surface area (Å²) in [6, 6.07) is 7.07. The quantitative estimate of drug-likeness (QED) is 0.333. The summed E-state index contributed by atoms with van der Waals surface area (Å²) >= 11 is 1.67. The van der Waals surface area contributed by atoms with Crippen molar-refractivity contribution in [3.8, 4) is 5.75 Å². The van der Waals surface area contributed by atoms with Crippen LogP contribution in [0.1, 0.15) is 22.0 Å². The molecule has 29 heavy (non-hydrogen) atoms. The second-order valence-electron chi connectivity index (χ2n) is 6.59. The molecule has 0 bridgehead atoms. The maximum Gasteiger partial charge on any atom is 0.387 e. The number of thiazole rings is 1. The Morgan fingerprint density at radius 3 is 2.79 bits per heavy atom. The number of aliphatic imine (C=N–C) groups is 1. The van der Waals surface area contributed by atoms with Gasteiger partial charge in [0.25, 0.3) is 0 Å². The monoisotopic (exact) mass is 537 g/mol. The van der Waals surface area contributed by atoms with Crippen LogP contribution in [-0.4, -0.2) is 43.7 Å². The number of benzene rings is 1. The lowest BCUT2D eigenvalue weighted by Crippen LogP contribution is -2.44. The molecule has 1 aliphatic heterocycles. The highest BCUT2D eigenvalue weighted by atomic mass is 127. The molecule has 0 aliphatic carbocycles. The van der Waals surface area contributed by atoms with Crippen molar-refractivity contribution in [3.63, 3.8) is 0 Å². The highest BCUT2D eigenvalue weighted by Crippen LogP contribution is 2.31. The minimum atomic E-state index is -2.83. The Morgan fingerprint density at radius 2 is 2.14 bits per heavy atom. The second kappa shape index (κ2) is 10.9. The van der Waals surface area contributed by atoms with Crippen LogP contribution < -0.4 is 20.3 Å². The number of hydrogen-bond acceptors (Lipinski definition) is 5. The first-order valence-corrected chi connectivity index (χ1v) is 9.96. The van der Waals surface area contributed by atoms with Gasteiger partial charge in [0, 0.05) is 31.1 Å². The molecular formula is C19H26F2IN5OS. The van der Waals surface area contributed by atoms with Crippen molar-refractivity contribution in [1.82, 2.24) is 15.6 Å². The average molecular weight is 537 g/mol. The number of halogens is 3. The number of hydrogen-bond donors (Lipinski definition) is 2. The van der Waals surface area contributed by atoms with Crippen LogP contribution in [-0.2, 0) is 6.54 Å². The van der Waals surface area contributed by atoms with Crippen molar-refractivity contribution in [2.75, 3.05) is 25.0 Å². The lowest BCUT2D eigenvalue weighted by Gasteiger charge is -2.22. The Balaban J connectivity index is 0.00000300. The van der Waals surface area contributed by atoms with E-state index in [1.807, 2.05) is 26.0 Å². The molecule has 6 nitrogen and oxygen atoms in total. The minimum Gasteiger partial charge on any atom is -0.433 e. The zero-order chi connectivity index (χ0) is 20.1. The fourth-order valence-corrected chi connectivity index (χ4v) is 4.18. The molecule has 1 aromatic heterocycles. The third-order valence-corrected chi connectivity index (χ3v) is 5.66. The number of aryl methyl sites for hydroxylation is 2. The van der Waals surface area contributed by atoms with Gasteiger partial charge in [0.05, 0.1) is 22.9 Å². The molecule has 10 heteroatoms. The van der Waals surface area contributed by atoms with Gasteiger partial charge in [0.1, 0.15) is 5.75 Å². The maximum absolute atomic E-state index is 12.7. The molecule has 1 aromatic carbocycles. The molecule has 1 saturated heterocycles. The van der Waals surface area contributed by atoms with E-state index in [9.17, 15) is 8.78 Å². The molecule has 1 fully saturated rings. The van der Waals surface area contributed by atoms with E-state index in [0.717, 1.165) is 29.6 Å². The first-order valence-electron chi connectivity index (χ1n) is 9.15. The van der Waals surface area contributed by atoms with Gasteiger partial charge < -0.3 is 20.3 Å². The number of nitrogens with zero attached hydrogens (tertiary/aromatic N) is 3. The van der Waals surface area contributed by atoms with Crippen molar-refractivity contribution in [3.05, 3.63) is 39.8 Å². The molecule has 2 aromatic rings. The van der Waals surface area contributed by atoms with Gasteiger partial charge >= 0.3 is 6.61 Å². The van der Waals surface area contributed by atoms with Crippen LogP contribution in [0, 0.1) is 13.8 Å². The minimum absolute atomic E-state index is 0. The van der Waals surface area contributed by atoms with Crippen LogP contribution in [0.25, 0.3) is 0 Å². The van der Waals surface area contributed by atoms with Crippen molar-refractivity contribution in [2.45, 2.75) is 39.5 Å². The van der Waals surface area contributed by atoms with Crippen LogP contribution in [0.3, 0.4) is 0 Å². The summed E-state index contributed by atoms with van der Waals surface area (Å²) in [5.41, 5.74) is 1.72. The molecule has 0 saturated carbocycles. The van der Waals surface area contributed by atoms with E-state index >= 15 is 0 Å². The van der Waals surface area contributed by atoms with Crippen LogP contribution in [0.15, 0.2) is 29.3 Å². The SMILES string of the molecule is CN=C(NCc1sc(C)nc1C)NC1CCN(c2ccccc2OC(F)F)C1.I. The van der Waals surface area contributed by atoms with Gasteiger partial charge in [-0.2, -0.15) is 8.78 Å². The van der Waals surface area contributed by atoms with Gasteiger partial charge in [-0.15, -0.1) is 35.3 Å². The van der Waals surface area contributed by atoms with E-state index in [4.69, 9.17) is 0 Å². The van der Waals surface area contributed by atoms with Gasteiger partial charge in [0.15, 0.2) is 5.96 Å². The molecule has 1 atom stereocenters. The molecule has 1 unspecified atom stereocenters. The number of alkyl halides is 2. The summed E-state index contributed by atoms with van der Waals surface area (Å²) in [4.78, 5) is 12.0. The van der Waals surface area contributed by atoms with Gasteiger partial charge in [-0.25, -0.2) is 4.98 Å². The third-order valence-electron chi connectivity index (χ3n) is 4.59. The maximum atomic E-state index is 12.7.